The Balaban J connectivity index is 0.000000299. The first-order chi connectivity index (χ1) is 90.9. The molecule has 4 saturated heterocycles. The van der Waals surface area contributed by atoms with Gasteiger partial charge in [0.05, 0.1) is 80.0 Å². The molecule has 120 heavy (non-hydrogen) atoms. The first-order valence-electron chi connectivity index (χ1n) is 79.4. The summed E-state index contributed by atoms with van der Waals surface area (Å²) in [4.78, 5) is 56.7. The first kappa shape index (κ1) is 32.4. The van der Waals surface area contributed by atoms with E-state index >= 15 is 0 Å². The van der Waals surface area contributed by atoms with Crippen molar-refractivity contribution in [2.45, 2.75) is 259 Å². The first-order valence-corrected chi connectivity index (χ1v) is 35.4. The van der Waals surface area contributed by atoms with Gasteiger partial charge in [0.1, 0.15) is 48.4 Å². The zero-order valence-electron chi connectivity index (χ0n) is 154. The van der Waals surface area contributed by atoms with Crippen LogP contribution in [0.4, 0.5) is 0 Å². The number of fused-ring (bicyclic) bond motifs is 12. The number of piperidine rings is 4. The molecule has 8 N–H and O–H groups in total. The molecule has 24 nitrogen and oxygen atoms in total. The molecule has 4 aromatic rings. The van der Waals surface area contributed by atoms with Gasteiger partial charge in [-0.25, -0.2) is 0 Å². The van der Waals surface area contributed by atoms with Crippen molar-refractivity contribution < 1.29 is 197 Å². The molecule has 24 heteroatoms. The monoisotopic (exact) mass is 1760 g/mol. The third kappa shape index (κ3) is 23.8. The number of ether oxygens (including phenoxy) is 12. The Labute approximate surface area is 842 Å². The van der Waals surface area contributed by atoms with E-state index in [1.54, 1.807) is 0 Å². The van der Waals surface area contributed by atoms with Gasteiger partial charge < -0.3 is 79.8 Å². The third-order valence-corrected chi connectivity index (χ3v) is 17.8. The molecule has 0 radical (unpaired) electrons. The second kappa shape index (κ2) is 43.9. The highest BCUT2D eigenvalue weighted by atomic mass is 16.6. The fourth-order valence-electron chi connectivity index (χ4n) is 12.2. The Morgan fingerprint density at radius 3 is 0.942 bits per heavy atom. The van der Waals surface area contributed by atoms with Crippen molar-refractivity contribution in [3.8, 4) is 46.0 Å². The summed E-state index contributed by atoms with van der Waals surface area (Å²) in [6.45, 7) is -65.4. The molecule has 8 aliphatic rings. The maximum absolute atomic E-state index is 13.9. The van der Waals surface area contributed by atoms with Crippen molar-refractivity contribution in [2.75, 3.05) is 109 Å². The number of carbonyl (C=O) groups is 4. The van der Waals surface area contributed by atoms with Crippen molar-refractivity contribution in [3.05, 3.63) is 93.0 Å². The van der Waals surface area contributed by atoms with Crippen LogP contribution < -0.4 is 60.8 Å². The van der Waals surface area contributed by atoms with Crippen LogP contribution in [0.15, 0.2) is 48.5 Å². The predicted molar refractivity (Wildman–Crippen MR) is 471 cm³/mol. The predicted octanol–water partition coefficient (Wildman–Crippen LogP) is 14.3. The van der Waals surface area contributed by atoms with E-state index in [0.29, 0.717) is 37.5 Å². The number of carbonyl (C=O) groups excluding carboxylic acids is 4. The van der Waals surface area contributed by atoms with Gasteiger partial charge in [0.15, 0.2) is 46.0 Å². The van der Waals surface area contributed by atoms with E-state index < -0.39 is 413 Å². The lowest BCUT2D eigenvalue weighted by atomic mass is 9.79. The van der Waals surface area contributed by atoms with Crippen molar-refractivity contribution >= 4 is 23.9 Å². The topological polar surface area (TPSA) is 296 Å². The smallest absolute Gasteiger partial charge is 0.323 e. The molecule has 0 aliphatic carbocycles. The number of nitrogens with two attached hydrogens (primary N) is 4. The minimum atomic E-state index is -4.78. The van der Waals surface area contributed by atoms with Gasteiger partial charge in [0.2, 0.25) is 0 Å². The van der Waals surface area contributed by atoms with Gasteiger partial charge in [-0.05, 0) is 191 Å². The van der Waals surface area contributed by atoms with Gasteiger partial charge in [-0.15, -0.1) is 0 Å². The lowest BCUT2D eigenvalue weighted by Crippen LogP contribution is -2.51. The number of benzene rings is 4. The molecular formula is C96H152N8O16. The Hall–Kier alpha value is -7.16. The van der Waals surface area contributed by atoms with Crippen LogP contribution in [0.25, 0.3) is 0 Å². The van der Waals surface area contributed by atoms with E-state index in [9.17, 15) is 54.8 Å². The van der Waals surface area contributed by atoms with Crippen molar-refractivity contribution in [1.82, 2.24) is 19.6 Å². The molecule has 21 atom stereocenters. The average molecular weight is 1760 g/mol. The maximum atomic E-state index is 13.9. The summed E-state index contributed by atoms with van der Waals surface area (Å²) in [7, 11) is 0.734. The van der Waals surface area contributed by atoms with Crippen LogP contribution in [0, 0.1) is 70.7 Å². The fraction of sp³-hybridized carbons (Fsp3) is 0.708. The van der Waals surface area contributed by atoms with E-state index in [2.05, 4.69) is 0 Å². The van der Waals surface area contributed by atoms with Gasteiger partial charge in [0, 0.05) is 223 Å². The van der Waals surface area contributed by atoms with Crippen LogP contribution in [-0.2, 0) is 63.8 Å². The van der Waals surface area contributed by atoms with E-state index in [1.807, 2.05) is 0 Å². The van der Waals surface area contributed by atoms with Crippen molar-refractivity contribution in [2.24, 2.45) is 93.7 Å². The minimum Gasteiger partial charge on any atom is -0.493 e. The normalized spacial score (nSPS) is 51.3. The Bertz CT molecular complexity index is 8100. The molecule has 0 spiro atoms. The van der Waals surface area contributed by atoms with E-state index in [4.69, 9.17) is 165 Å². The van der Waals surface area contributed by atoms with Gasteiger partial charge in [0.25, 0.3) is 0 Å². The van der Waals surface area contributed by atoms with Crippen LogP contribution >= 0.6 is 0 Å². The number of rotatable bonds is 28. The Morgan fingerprint density at radius 2 is 0.633 bits per heavy atom. The molecule has 17 unspecified atom stereocenters. The third-order valence-electron chi connectivity index (χ3n) is 17.8. The zero-order valence-corrected chi connectivity index (χ0v) is 66.1. The molecule has 12 rings (SSSR count). The molecule has 0 bridgehead atoms. The molecule has 0 amide bonds. The molecule has 672 valence electrons. The summed E-state index contributed by atoms with van der Waals surface area (Å²) in [5.41, 5.74) is 20.4. The fourth-order valence-corrected chi connectivity index (χ4v) is 12.2. The largest absolute Gasteiger partial charge is 0.493 e. The summed E-state index contributed by atoms with van der Waals surface area (Å²) in [6.07, 6.45) is -50.9. The number of nitrogens with zero attached hydrogens (tertiary/aromatic N) is 4. The second-order valence-electron chi connectivity index (χ2n) is 25.9. The highest BCUT2D eigenvalue weighted by Gasteiger charge is 2.47. The molecule has 0 aromatic heterocycles. The zero-order chi connectivity index (χ0) is 165. The number of esters is 4. The standard InChI is InChI=1S/4C24H38N2O4/c4*1-14(2)9-17-13-26-8-7-16-10-21(28-5)22(29-6)11-18(16)19(26)12-20(17)30-24(27)23(25)15(3)4/h4*10-11,14-15,17,19-20,23H,7-9,12-13,25H2,1-6H3/t4*17?,19?,20?,23-/m0000/s1/i1D3,3D3,4D3,5D3,9D2,12D2,13D2,14D,15D,17D,19D,20D,23D;1D3,3D3,4D3,9D2,12D2,13D2,14D,15D,17D,19D,20D,23D;1D3,3D3,4D3,9D2,12D,13D2,14D,15D,17D,19D,20D,23D;1D3,3D3,4D3,5D3,9D2,12D2,13D2,14D,15D,17D,19D,23D/t2*14?,17?,19?,20?,23-;12?,14?,17?,19?,20?,23-;14?,17?,19?,20?,23-. The highest BCUT2D eigenvalue weighted by Crippen LogP contribution is 2.50. The molecule has 8 aliphatic heterocycles. The van der Waals surface area contributed by atoms with Crippen LogP contribution in [-0.4, -0.2) is 201 Å². The quantitative estimate of drug-likeness (QED) is 0.0303. The maximum Gasteiger partial charge on any atom is 0.323 e. The Morgan fingerprint density at radius 1 is 0.375 bits per heavy atom. The molecular weight excluding hydrogens is 1520 g/mol. The average Bonchev–Trinajstić information content (AvgIpc) is 0.632. The van der Waals surface area contributed by atoms with Crippen molar-refractivity contribution in [1.29, 1.82) is 0 Å². The second-order valence-corrected chi connectivity index (χ2v) is 25.9. The summed E-state index contributed by atoms with van der Waals surface area (Å²) in [5.74, 6) is -62.2. The van der Waals surface area contributed by atoms with Gasteiger partial charge in [-0.3, -0.25) is 38.8 Å². The summed E-state index contributed by atoms with van der Waals surface area (Å²) in [5, 5.41) is 0. The minimum absolute atomic E-state index is 0.0494. The van der Waals surface area contributed by atoms with Crippen LogP contribution in [0.5, 0.6) is 46.0 Å². The number of methoxy groups -OCH3 is 8. The SMILES string of the molecule is [2H]C([2H])([2H])C([2H])(C)C([2H])([2H])C1([2H])C([2H])([2H])N2CCc3cc(OC)c(OC)cc3C2([2H])C([2H])([2H])C1([2H])OC(=O)[C@@]([2H])(N)C([2H])(C([2H])([2H])[2H])C([2H])([2H])[2H].[2H]C([2H])([2H])Oc1cc2c(cc1OC)C1([2H])N(CC2)C([2H])([2H])C([2H])(C([2H])([2H])C([2H])(C)C([2H])([2H])[2H])C(OC(=O)[C@@]([2H])(N)C([2H])(C([2H])([2H])[2H])C([2H])([2H])[2H])C1([2H])[2H].[2H]C([2H])([2H])Oc1cc2c(cc1OC)C1([2H])N(CC2)C([2H])([2H])C([2H])(C([2H])([2H])C([2H])(C)C([2H])([2H])[2H])C([2H])(OC(=O)[C@@]([2H])(N)C([2H])(C([2H])([2H])[2H])C([2H])([2H])[2H])C1([2H])[2H].[2H]C1C2([2H])c3cc(OC)c(OC)cc3CCN2C([2H])([2H])C([2H])(C([2H])([2H])C([2H])(C)C([2H])([2H])[2H])C1([2H])OC(=O)[C@@]([2H])(N)C([2H])(C([2H])([2H])[2H])C([2H])([2H])[2H]. The highest BCUT2D eigenvalue weighted by molar-refractivity contribution is 5.77. The molecule has 4 fully saturated rings. The van der Waals surface area contributed by atoms with E-state index in [1.165, 1.54) is 33.5 Å². The van der Waals surface area contributed by atoms with E-state index in [-0.39, 0.29) is 79.9 Å². The van der Waals surface area contributed by atoms with Gasteiger partial charge in [-0.1, -0.05) is 110 Å². The van der Waals surface area contributed by atoms with Gasteiger partial charge in [-0.2, -0.15) is 0 Å². The molecule has 8 heterocycles. The van der Waals surface area contributed by atoms with Crippen LogP contribution in [0.1, 0.15) is 350 Å². The Kier molecular flexibility index (Phi) is 11.8. The van der Waals surface area contributed by atoms with Crippen LogP contribution in [0.3, 0.4) is 0 Å². The molecule has 0 saturated carbocycles. The van der Waals surface area contributed by atoms with Gasteiger partial charge >= 0.3 is 23.9 Å². The number of hydrogen-bond donors (Lipinski definition) is 4. The van der Waals surface area contributed by atoms with E-state index in [0.717, 1.165) is 57.7 Å². The summed E-state index contributed by atoms with van der Waals surface area (Å²) in [6, 6.07) is -22.2. The lowest BCUT2D eigenvalue weighted by Gasteiger charge is -2.47. The summed E-state index contributed by atoms with van der Waals surface area (Å²) < 4.78 is 801. The molecule has 4 aromatic carbocycles. The van der Waals surface area contributed by atoms with Crippen LogP contribution in [0.2, 0.25) is 0 Å². The lowest BCUT2D eigenvalue weighted by molar-refractivity contribution is -0.161. The van der Waals surface area contributed by atoms with Crippen molar-refractivity contribution in [3.63, 3.8) is 0 Å². The number of hydrogen-bond acceptors (Lipinski definition) is 24. The summed E-state index contributed by atoms with van der Waals surface area (Å²) >= 11 is 0.